The van der Waals surface area contributed by atoms with Gasteiger partial charge in [-0.2, -0.15) is 0 Å². The van der Waals surface area contributed by atoms with Crippen molar-refractivity contribution < 1.29 is 19.1 Å². The third-order valence-corrected chi connectivity index (χ3v) is 9.44. The highest BCUT2D eigenvalue weighted by Gasteiger charge is 2.15. The summed E-state index contributed by atoms with van der Waals surface area (Å²) in [4.78, 5) is 31.8. The standard InChI is InChI=1S/C26H19ClN2O2.C17H14ClNO2/c1-31-26(30)23-15-21(27)8-7-18(23)12-17-6-9-25-20(13-17)10-11-29(25)22-14-19-4-2-3-5-24(19)28-16-22;1-21-17(20)15-10-14(18)4-3-12(15)8-11-2-5-16-13(9-11)6-7-19-16/h2-11,13-16H,12H2,1H3;2-7,9-10,19H,8H2,1H3. The number of carbonyl (C=O) groups is 2. The number of nitrogens with one attached hydrogen (secondary N) is 1. The molecule has 3 aromatic heterocycles. The number of methoxy groups -OCH3 is 2. The van der Waals surface area contributed by atoms with Gasteiger partial charge in [-0.1, -0.05) is 65.7 Å². The summed E-state index contributed by atoms with van der Waals surface area (Å²) in [5, 5.41) is 4.43. The monoisotopic (exact) mass is 725 g/mol. The Morgan fingerprint density at radius 1 is 0.673 bits per heavy atom. The van der Waals surface area contributed by atoms with Gasteiger partial charge >= 0.3 is 11.9 Å². The van der Waals surface area contributed by atoms with E-state index in [2.05, 4.69) is 69.3 Å². The van der Waals surface area contributed by atoms with E-state index in [9.17, 15) is 9.59 Å². The van der Waals surface area contributed by atoms with Crippen LogP contribution in [-0.4, -0.2) is 40.7 Å². The number of pyridine rings is 1. The number of H-pyrrole nitrogens is 1. The van der Waals surface area contributed by atoms with Gasteiger partial charge in [0.2, 0.25) is 0 Å². The molecule has 8 aromatic rings. The molecule has 52 heavy (non-hydrogen) atoms. The van der Waals surface area contributed by atoms with Gasteiger partial charge in [0.15, 0.2) is 0 Å². The average Bonchev–Trinajstić information content (AvgIpc) is 3.82. The minimum absolute atomic E-state index is 0.366. The molecule has 1 N–H and O–H groups in total. The number of fused-ring (bicyclic) bond motifs is 3. The van der Waals surface area contributed by atoms with E-state index < -0.39 is 0 Å². The summed E-state index contributed by atoms with van der Waals surface area (Å²) in [5.74, 6) is -0.747. The van der Waals surface area contributed by atoms with Crippen molar-refractivity contribution in [1.29, 1.82) is 0 Å². The average molecular weight is 727 g/mol. The smallest absolute Gasteiger partial charge is 0.338 e. The number of hydrogen-bond donors (Lipinski definition) is 1. The van der Waals surface area contributed by atoms with Crippen molar-refractivity contribution in [2.75, 3.05) is 14.2 Å². The Balaban J connectivity index is 0.000000175. The molecule has 0 amide bonds. The first kappa shape index (κ1) is 34.6. The molecule has 258 valence electrons. The lowest BCUT2D eigenvalue weighted by Crippen LogP contribution is -2.06. The Kier molecular flexibility index (Phi) is 10.1. The molecule has 0 spiro atoms. The van der Waals surface area contributed by atoms with Crippen molar-refractivity contribution in [2.24, 2.45) is 0 Å². The van der Waals surface area contributed by atoms with Gasteiger partial charge in [-0.15, -0.1) is 0 Å². The second-order valence-corrected chi connectivity index (χ2v) is 13.2. The molecular formula is C43H33Cl2N3O4. The summed E-state index contributed by atoms with van der Waals surface area (Å²) in [5.41, 5.74) is 9.24. The number of aromatic nitrogens is 3. The number of benzene rings is 5. The lowest BCUT2D eigenvalue weighted by Gasteiger charge is -2.10. The Labute approximate surface area is 310 Å². The van der Waals surface area contributed by atoms with Gasteiger partial charge in [0, 0.05) is 38.7 Å². The molecule has 0 saturated carbocycles. The largest absolute Gasteiger partial charge is 0.465 e. The Bertz CT molecular complexity index is 2590. The van der Waals surface area contributed by atoms with E-state index in [-0.39, 0.29) is 11.9 Å². The van der Waals surface area contributed by atoms with Gasteiger partial charge in [0.1, 0.15) is 0 Å². The molecule has 0 saturated heterocycles. The molecule has 0 aliphatic rings. The van der Waals surface area contributed by atoms with Crippen molar-refractivity contribution in [3.05, 3.63) is 177 Å². The summed E-state index contributed by atoms with van der Waals surface area (Å²) in [6.45, 7) is 0. The molecule has 0 unspecified atom stereocenters. The van der Waals surface area contributed by atoms with Crippen LogP contribution in [-0.2, 0) is 22.3 Å². The Morgan fingerprint density at radius 3 is 1.98 bits per heavy atom. The van der Waals surface area contributed by atoms with E-state index in [1.165, 1.54) is 14.2 Å². The van der Waals surface area contributed by atoms with Gasteiger partial charge in [0.05, 0.1) is 48.3 Å². The molecule has 0 aliphatic carbocycles. The van der Waals surface area contributed by atoms with Crippen LogP contribution in [0, 0.1) is 0 Å². The van der Waals surface area contributed by atoms with E-state index in [4.69, 9.17) is 32.7 Å². The van der Waals surface area contributed by atoms with Crippen LogP contribution in [0.1, 0.15) is 43.0 Å². The zero-order chi connectivity index (χ0) is 36.2. The van der Waals surface area contributed by atoms with Crippen molar-refractivity contribution in [3.63, 3.8) is 0 Å². The summed E-state index contributed by atoms with van der Waals surface area (Å²) in [7, 11) is 2.75. The van der Waals surface area contributed by atoms with Crippen molar-refractivity contribution >= 4 is 67.8 Å². The van der Waals surface area contributed by atoms with E-state index in [0.29, 0.717) is 34.0 Å². The highest BCUT2D eigenvalue weighted by Crippen LogP contribution is 2.27. The van der Waals surface area contributed by atoms with E-state index in [1.807, 2.05) is 54.9 Å². The zero-order valence-electron chi connectivity index (χ0n) is 28.4. The van der Waals surface area contributed by atoms with Crippen molar-refractivity contribution in [3.8, 4) is 5.69 Å². The normalized spacial score (nSPS) is 11.0. The first-order chi connectivity index (χ1) is 25.3. The van der Waals surface area contributed by atoms with Crippen LogP contribution in [0.15, 0.2) is 134 Å². The third-order valence-electron chi connectivity index (χ3n) is 8.97. The summed E-state index contributed by atoms with van der Waals surface area (Å²) in [6, 6.07) is 37.6. The molecule has 0 bridgehead atoms. The quantitative estimate of drug-likeness (QED) is 0.165. The Morgan fingerprint density at radius 2 is 1.31 bits per heavy atom. The SMILES string of the molecule is COC(=O)c1cc(Cl)ccc1Cc1ccc2[nH]ccc2c1.COC(=O)c1cc(Cl)ccc1Cc1ccc2c(ccn2-c2cnc3ccccc3c2)c1. The molecule has 7 nitrogen and oxygen atoms in total. The predicted molar refractivity (Wildman–Crippen MR) is 208 cm³/mol. The topological polar surface area (TPSA) is 86.2 Å². The van der Waals surface area contributed by atoms with Crippen LogP contribution < -0.4 is 0 Å². The van der Waals surface area contributed by atoms with Crippen LogP contribution in [0.4, 0.5) is 0 Å². The maximum Gasteiger partial charge on any atom is 0.338 e. The highest BCUT2D eigenvalue weighted by atomic mass is 35.5. The fraction of sp³-hybridized carbons (Fsp3) is 0.0930. The number of para-hydroxylation sites is 1. The van der Waals surface area contributed by atoms with E-state index >= 15 is 0 Å². The first-order valence-electron chi connectivity index (χ1n) is 16.5. The second-order valence-electron chi connectivity index (χ2n) is 12.3. The molecular weight excluding hydrogens is 693 g/mol. The van der Waals surface area contributed by atoms with Gasteiger partial charge in [-0.3, -0.25) is 4.98 Å². The Hall–Kier alpha value is -5.89. The number of rotatable bonds is 7. The molecule has 8 rings (SSSR count). The summed E-state index contributed by atoms with van der Waals surface area (Å²) in [6.07, 6.45) is 7.13. The molecule has 5 aromatic carbocycles. The van der Waals surface area contributed by atoms with Crippen LogP contribution in [0.5, 0.6) is 0 Å². The molecule has 9 heteroatoms. The van der Waals surface area contributed by atoms with E-state index in [0.717, 1.165) is 60.6 Å². The van der Waals surface area contributed by atoms with Crippen LogP contribution >= 0.6 is 23.2 Å². The molecule has 0 atom stereocenters. The van der Waals surface area contributed by atoms with Gasteiger partial charge in [0.25, 0.3) is 0 Å². The number of aromatic amines is 1. The molecule has 0 radical (unpaired) electrons. The van der Waals surface area contributed by atoms with Crippen LogP contribution in [0.3, 0.4) is 0 Å². The van der Waals surface area contributed by atoms with Crippen LogP contribution in [0.25, 0.3) is 38.4 Å². The zero-order valence-corrected chi connectivity index (χ0v) is 29.9. The van der Waals surface area contributed by atoms with Crippen LogP contribution in [0.2, 0.25) is 10.0 Å². The number of hydrogen-bond acceptors (Lipinski definition) is 5. The number of carbonyl (C=O) groups excluding carboxylic acids is 2. The lowest BCUT2D eigenvalue weighted by molar-refractivity contribution is 0.0590. The number of esters is 2. The minimum Gasteiger partial charge on any atom is -0.465 e. The van der Waals surface area contributed by atoms with Gasteiger partial charge in [-0.25, -0.2) is 9.59 Å². The first-order valence-corrected chi connectivity index (χ1v) is 17.3. The highest BCUT2D eigenvalue weighted by molar-refractivity contribution is 6.31. The second kappa shape index (κ2) is 15.2. The van der Waals surface area contributed by atoms with Crippen molar-refractivity contribution in [2.45, 2.75) is 12.8 Å². The minimum atomic E-state index is -0.381. The molecule has 3 heterocycles. The fourth-order valence-corrected chi connectivity index (χ4v) is 6.72. The lowest BCUT2D eigenvalue weighted by atomic mass is 9.99. The third kappa shape index (κ3) is 7.42. The molecule has 0 aliphatic heterocycles. The van der Waals surface area contributed by atoms with Gasteiger partial charge in [-0.05, 0) is 113 Å². The number of halogens is 2. The number of nitrogens with zero attached hydrogens (tertiary/aromatic N) is 2. The summed E-state index contributed by atoms with van der Waals surface area (Å²) < 4.78 is 11.9. The van der Waals surface area contributed by atoms with Gasteiger partial charge < -0.3 is 19.0 Å². The maximum absolute atomic E-state index is 12.2. The number of ether oxygens (including phenoxy) is 2. The van der Waals surface area contributed by atoms with Crippen molar-refractivity contribution in [1.82, 2.24) is 14.5 Å². The van der Waals surface area contributed by atoms with E-state index in [1.54, 1.807) is 24.3 Å². The fourth-order valence-electron chi connectivity index (χ4n) is 6.38. The maximum atomic E-state index is 12.2. The summed E-state index contributed by atoms with van der Waals surface area (Å²) >= 11 is 12.1. The molecule has 0 fully saturated rings. The predicted octanol–water partition coefficient (Wildman–Crippen LogP) is 10.4.